The first-order valence-corrected chi connectivity index (χ1v) is 9.18. The molecule has 1 aromatic heterocycles. The Kier molecular flexibility index (Phi) is 7.42. The number of amides is 2. The molecule has 0 atom stereocenters. The number of aromatic nitrogens is 1. The molecule has 24 heavy (non-hydrogen) atoms. The SMILES string of the molecule is CCCCCCCNC(=O)C(=O)Nc1nc(-c2ccccc2)cs1. The molecule has 2 aromatic rings. The van der Waals surface area contributed by atoms with Gasteiger partial charge >= 0.3 is 11.8 Å². The summed E-state index contributed by atoms with van der Waals surface area (Å²) in [5.74, 6) is -1.28. The lowest BCUT2D eigenvalue weighted by Gasteiger charge is -2.04. The summed E-state index contributed by atoms with van der Waals surface area (Å²) in [6, 6.07) is 9.70. The summed E-state index contributed by atoms with van der Waals surface area (Å²) in [5.41, 5.74) is 1.76. The molecule has 128 valence electrons. The van der Waals surface area contributed by atoms with Gasteiger partial charge in [-0.15, -0.1) is 11.3 Å². The molecule has 0 saturated heterocycles. The van der Waals surface area contributed by atoms with Gasteiger partial charge in [0.1, 0.15) is 0 Å². The molecule has 0 spiro atoms. The van der Waals surface area contributed by atoms with Crippen molar-refractivity contribution in [3.8, 4) is 11.3 Å². The van der Waals surface area contributed by atoms with Gasteiger partial charge in [-0.1, -0.05) is 62.9 Å². The maximum Gasteiger partial charge on any atom is 0.315 e. The summed E-state index contributed by atoms with van der Waals surface area (Å²) < 4.78 is 0. The Labute approximate surface area is 146 Å². The van der Waals surface area contributed by atoms with Gasteiger partial charge in [0.15, 0.2) is 5.13 Å². The minimum atomic E-state index is -0.669. The van der Waals surface area contributed by atoms with E-state index >= 15 is 0 Å². The summed E-state index contributed by atoms with van der Waals surface area (Å²) in [7, 11) is 0. The van der Waals surface area contributed by atoms with Crippen molar-refractivity contribution in [3.63, 3.8) is 0 Å². The molecule has 0 bridgehead atoms. The predicted molar refractivity (Wildman–Crippen MR) is 97.9 cm³/mol. The molecule has 1 aromatic carbocycles. The lowest BCUT2D eigenvalue weighted by Crippen LogP contribution is -2.35. The molecule has 5 nitrogen and oxygen atoms in total. The molecule has 0 fully saturated rings. The number of hydrogen-bond acceptors (Lipinski definition) is 4. The van der Waals surface area contributed by atoms with Crippen molar-refractivity contribution in [1.29, 1.82) is 0 Å². The number of benzene rings is 1. The van der Waals surface area contributed by atoms with Crippen molar-refractivity contribution in [1.82, 2.24) is 10.3 Å². The van der Waals surface area contributed by atoms with Crippen LogP contribution in [-0.4, -0.2) is 23.3 Å². The number of thiazole rings is 1. The van der Waals surface area contributed by atoms with Crippen LogP contribution in [0.5, 0.6) is 0 Å². The van der Waals surface area contributed by atoms with E-state index in [0.717, 1.165) is 24.1 Å². The van der Waals surface area contributed by atoms with Crippen LogP contribution in [0.4, 0.5) is 5.13 Å². The number of carbonyl (C=O) groups is 2. The average molecular weight is 345 g/mol. The second kappa shape index (κ2) is 9.82. The Bertz CT molecular complexity index is 655. The summed E-state index contributed by atoms with van der Waals surface area (Å²) in [4.78, 5) is 28.0. The summed E-state index contributed by atoms with van der Waals surface area (Å²) in [6.07, 6.45) is 5.53. The van der Waals surface area contributed by atoms with Crippen LogP contribution < -0.4 is 10.6 Å². The van der Waals surface area contributed by atoms with Gasteiger partial charge in [-0.25, -0.2) is 4.98 Å². The minimum absolute atomic E-state index is 0.428. The van der Waals surface area contributed by atoms with Gasteiger partial charge in [0.05, 0.1) is 5.69 Å². The summed E-state index contributed by atoms with van der Waals surface area (Å²) >= 11 is 1.30. The number of carbonyl (C=O) groups excluding carboxylic acids is 2. The van der Waals surface area contributed by atoms with E-state index in [0.29, 0.717) is 11.7 Å². The number of nitrogens with zero attached hydrogens (tertiary/aromatic N) is 1. The van der Waals surface area contributed by atoms with Gasteiger partial charge < -0.3 is 5.32 Å². The molecule has 0 saturated carbocycles. The molecule has 6 heteroatoms. The third-order valence-electron chi connectivity index (χ3n) is 3.57. The minimum Gasteiger partial charge on any atom is -0.348 e. The van der Waals surface area contributed by atoms with Gasteiger partial charge in [0, 0.05) is 17.5 Å². The Hall–Kier alpha value is -2.21. The van der Waals surface area contributed by atoms with Crippen LogP contribution in [0.3, 0.4) is 0 Å². The van der Waals surface area contributed by atoms with Gasteiger partial charge in [-0.05, 0) is 6.42 Å². The second-order valence-corrected chi connectivity index (χ2v) is 6.39. The predicted octanol–water partition coefficient (Wildman–Crippen LogP) is 3.84. The quantitative estimate of drug-likeness (QED) is 0.564. The Morgan fingerprint density at radius 3 is 2.54 bits per heavy atom. The highest BCUT2D eigenvalue weighted by Gasteiger charge is 2.15. The maximum atomic E-state index is 11.9. The van der Waals surface area contributed by atoms with E-state index in [-0.39, 0.29) is 0 Å². The highest BCUT2D eigenvalue weighted by Crippen LogP contribution is 2.24. The first kappa shape index (κ1) is 18.1. The average Bonchev–Trinajstić information content (AvgIpc) is 3.07. The van der Waals surface area contributed by atoms with Gasteiger partial charge in [-0.2, -0.15) is 0 Å². The van der Waals surface area contributed by atoms with E-state index in [9.17, 15) is 9.59 Å². The molecule has 2 N–H and O–H groups in total. The van der Waals surface area contributed by atoms with Crippen molar-refractivity contribution in [3.05, 3.63) is 35.7 Å². The van der Waals surface area contributed by atoms with E-state index in [1.807, 2.05) is 35.7 Å². The molecule has 0 aliphatic heterocycles. The molecule has 0 radical (unpaired) electrons. The van der Waals surface area contributed by atoms with Crippen molar-refractivity contribution >= 4 is 28.3 Å². The van der Waals surface area contributed by atoms with E-state index in [2.05, 4.69) is 22.5 Å². The number of rotatable bonds is 8. The molecule has 0 aliphatic rings. The topological polar surface area (TPSA) is 71.1 Å². The first-order valence-electron chi connectivity index (χ1n) is 8.31. The van der Waals surface area contributed by atoms with Crippen LogP contribution in [0.25, 0.3) is 11.3 Å². The molecule has 1 heterocycles. The van der Waals surface area contributed by atoms with Crippen LogP contribution in [0.1, 0.15) is 39.0 Å². The monoisotopic (exact) mass is 345 g/mol. The number of nitrogens with one attached hydrogen (secondary N) is 2. The lowest BCUT2D eigenvalue weighted by molar-refractivity contribution is -0.136. The van der Waals surface area contributed by atoms with E-state index in [1.54, 1.807) is 0 Å². The lowest BCUT2D eigenvalue weighted by atomic mass is 10.1. The molecule has 2 rings (SSSR count). The van der Waals surface area contributed by atoms with Crippen molar-refractivity contribution < 1.29 is 9.59 Å². The Morgan fingerprint density at radius 1 is 1.04 bits per heavy atom. The van der Waals surface area contributed by atoms with Gasteiger partial charge in [-0.3, -0.25) is 14.9 Å². The van der Waals surface area contributed by atoms with E-state index in [1.165, 1.54) is 30.6 Å². The molecular formula is C18H23N3O2S. The van der Waals surface area contributed by atoms with Crippen molar-refractivity contribution in [2.45, 2.75) is 39.0 Å². The largest absolute Gasteiger partial charge is 0.348 e. The molecular weight excluding hydrogens is 322 g/mol. The fraction of sp³-hybridized carbons (Fsp3) is 0.389. The second-order valence-electron chi connectivity index (χ2n) is 5.53. The van der Waals surface area contributed by atoms with Crippen LogP contribution >= 0.6 is 11.3 Å². The molecule has 2 amide bonds. The molecule has 0 unspecified atom stereocenters. The zero-order valence-corrected chi connectivity index (χ0v) is 14.7. The third kappa shape index (κ3) is 5.77. The smallest absolute Gasteiger partial charge is 0.315 e. The number of hydrogen-bond donors (Lipinski definition) is 2. The van der Waals surface area contributed by atoms with E-state index in [4.69, 9.17) is 0 Å². The van der Waals surface area contributed by atoms with Crippen LogP contribution in [0, 0.1) is 0 Å². The zero-order valence-electron chi connectivity index (χ0n) is 13.9. The zero-order chi connectivity index (χ0) is 17.2. The fourth-order valence-electron chi connectivity index (χ4n) is 2.24. The summed E-state index contributed by atoms with van der Waals surface area (Å²) in [6.45, 7) is 2.69. The Balaban J connectivity index is 1.76. The Morgan fingerprint density at radius 2 is 1.79 bits per heavy atom. The van der Waals surface area contributed by atoms with Crippen LogP contribution in [-0.2, 0) is 9.59 Å². The van der Waals surface area contributed by atoms with E-state index < -0.39 is 11.8 Å². The fourth-order valence-corrected chi connectivity index (χ4v) is 2.95. The molecule has 0 aliphatic carbocycles. The highest BCUT2D eigenvalue weighted by atomic mass is 32.1. The van der Waals surface area contributed by atoms with Gasteiger partial charge in [0.2, 0.25) is 0 Å². The maximum absolute atomic E-state index is 11.9. The van der Waals surface area contributed by atoms with Crippen molar-refractivity contribution in [2.75, 3.05) is 11.9 Å². The normalized spacial score (nSPS) is 10.4. The van der Waals surface area contributed by atoms with Crippen molar-refractivity contribution in [2.24, 2.45) is 0 Å². The standard InChI is InChI=1S/C18H23N3O2S/c1-2-3-4-5-9-12-19-16(22)17(23)21-18-20-15(13-24-18)14-10-7-6-8-11-14/h6-8,10-11,13H,2-5,9,12H2,1H3,(H,19,22)(H,20,21,23). The summed E-state index contributed by atoms with van der Waals surface area (Å²) in [5, 5.41) is 7.48. The first-order chi connectivity index (χ1) is 11.7. The van der Waals surface area contributed by atoms with Crippen LogP contribution in [0.15, 0.2) is 35.7 Å². The number of unbranched alkanes of at least 4 members (excludes halogenated alkanes) is 4. The third-order valence-corrected chi connectivity index (χ3v) is 4.32. The van der Waals surface area contributed by atoms with Crippen LogP contribution in [0.2, 0.25) is 0 Å². The number of anilines is 1. The highest BCUT2D eigenvalue weighted by molar-refractivity contribution is 7.14. The van der Waals surface area contributed by atoms with Gasteiger partial charge in [0.25, 0.3) is 0 Å².